The van der Waals surface area contributed by atoms with E-state index in [1.807, 2.05) is 0 Å². The molecule has 100 valence electrons. The maximum atomic E-state index is 5.82. The summed E-state index contributed by atoms with van der Waals surface area (Å²) >= 11 is 0. The van der Waals surface area contributed by atoms with Gasteiger partial charge < -0.3 is 18.3 Å². The van der Waals surface area contributed by atoms with Crippen molar-refractivity contribution in [2.75, 3.05) is 66.8 Å². The van der Waals surface area contributed by atoms with E-state index in [4.69, 9.17) is 18.3 Å². The smallest absolute Gasteiger partial charge is 0.379 e. The Kier molecular flexibility index (Phi) is 4.92. The third-order valence-corrected chi connectivity index (χ3v) is 6.91. The van der Waals surface area contributed by atoms with Crippen LogP contribution in [0.1, 0.15) is 0 Å². The Morgan fingerprint density at radius 1 is 0.765 bits per heavy atom. The highest BCUT2D eigenvalue weighted by atomic mass is 28.4. The maximum Gasteiger partial charge on any atom is 0.522 e. The Morgan fingerprint density at radius 2 is 1.12 bits per heavy atom. The van der Waals surface area contributed by atoms with Crippen LogP contribution in [0.3, 0.4) is 0 Å². The van der Waals surface area contributed by atoms with E-state index in [-0.39, 0.29) is 0 Å². The Morgan fingerprint density at radius 3 is 1.41 bits per heavy atom. The number of rotatable bonds is 4. The molecule has 6 nitrogen and oxygen atoms in total. The van der Waals surface area contributed by atoms with Gasteiger partial charge in [-0.3, -0.25) is 9.13 Å². The molecule has 0 amide bonds. The first-order valence-corrected chi connectivity index (χ1v) is 7.80. The monoisotopic (exact) mass is 262 g/mol. The molecule has 2 fully saturated rings. The summed E-state index contributed by atoms with van der Waals surface area (Å²) in [5.41, 5.74) is 0. The minimum Gasteiger partial charge on any atom is -0.379 e. The van der Waals surface area contributed by atoms with E-state index in [9.17, 15) is 0 Å². The van der Waals surface area contributed by atoms with Crippen LogP contribution in [0.4, 0.5) is 0 Å². The van der Waals surface area contributed by atoms with E-state index in [1.54, 1.807) is 14.2 Å². The van der Waals surface area contributed by atoms with Crippen LogP contribution in [-0.4, -0.2) is 84.8 Å². The van der Waals surface area contributed by atoms with Crippen molar-refractivity contribution in [3.05, 3.63) is 0 Å². The van der Waals surface area contributed by atoms with Crippen molar-refractivity contribution in [3.63, 3.8) is 0 Å². The second kappa shape index (κ2) is 6.23. The van der Waals surface area contributed by atoms with Crippen LogP contribution in [0.2, 0.25) is 0 Å². The lowest BCUT2D eigenvalue weighted by atomic mass is 10.5. The summed E-state index contributed by atoms with van der Waals surface area (Å²) in [6.07, 6.45) is 0. The molecule has 2 rings (SSSR count). The molecule has 7 heteroatoms. The SMILES string of the molecule is CO[Si](OC)(N1CCOCC1)N1CCOCC1. The van der Waals surface area contributed by atoms with E-state index in [0.717, 1.165) is 52.6 Å². The van der Waals surface area contributed by atoms with Crippen LogP contribution >= 0.6 is 0 Å². The van der Waals surface area contributed by atoms with Gasteiger partial charge in [0.2, 0.25) is 0 Å². The molecule has 2 aliphatic heterocycles. The molecule has 0 radical (unpaired) electrons. The van der Waals surface area contributed by atoms with E-state index >= 15 is 0 Å². The highest BCUT2D eigenvalue weighted by Gasteiger charge is 2.51. The Balaban J connectivity index is 2.10. The largest absolute Gasteiger partial charge is 0.522 e. The minimum absolute atomic E-state index is 0.756. The average Bonchev–Trinajstić information content (AvgIpc) is 2.43. The summed E-state index contributed by atoms with van der Waals surface area (Å²) in [6.45, 7) is 6.54. The molecule has 0 aliphatic carbocycles. The van der Waals surface area contributed by atoms with Crippen molar-refractivity contribution in [1.82, 2.24) is 9.13 Å². The second-order valence-corrected chi connectivity index (χ2v) is 7.33. The van der Waals surface area contributed by atoms with Crippen molar-refractivity contribution < 1.29 is 18.3 Å². The van der Waals surface area contributed by atoms with Crippen LogP contribution in [0, 0.1) is 0 Å². The Labute approximate surface area is 104 Å². The molecule has 0 bridgehead atoms. The van der Waals surface area contributed by atoms with Crippen LogP contribution in [0.25, 0.3) is 0 Å². The number of nitrogens with zero attached hydrogens (tertiary/aromatic N) is 2. The van der Waals surface area contributed by atoms with Crippen molar-refractivity contribution in [1.29, 1.82) is 0 Å². The summed E-state index contributed by atoms with van der Waals surface area (Å²) in [5.74, 6) is 0. The third-order valence-electron chi connectivity index (χ3n) is 3.35. The zero-order valence-electron chi connectivity index (χ0n) is 10.7. The first kappa shape index (κ1) is 13.4. The Bertz CT molecular complexity index is 208. The standard InChI is InChI=1S/C10H22N2O4Si/c1-13-17(14-2,11-3-7-15-8-4-11)12-5-9-16-10-6-12/h3-10H2,1-2H3. The highest BCUT2D eigenvalue weighted by Crippen LogP contribution is 2.20. The molecule has 2 saturated heterocycles. The molecule has 0 saturated carbocycles. The molecule has 0 aromatic carbocycles. The van der Waals surface area contributed by atoms with Gasteiger partial charge >= 0.3 is 8.88 Å². The van der Waals surface area contributed by atoms with E-state index in [0.29, 0.717) is 0 Å². The van der Waals surface area contributed by atoms with Gasteiger partial charge in [0.15, 0.2) is 0 Å². The van der Waals surface area contributed by atoms with Crippen LogP contribution in [0.15, 0.2) is 0 Å². The molecule has 0 N–H and O–H groups in total. The number of morpholine rings is 2. The lowest BCUT2D eigenvalue weighted by Gasteiger charge is -2.46. The van der Waals surface area contributed by atoms with Crippen molar-refractivity contribution in [2.45, 2.75) is 0 Å². The number of ether oxygens (including phenoxy) is 2. The van der Waals surface area contributed by atoms with Crippen molar-refractivity contribution in [2.24, 2.45) is 0 Å². The van der Waals surface area contributed by atoms with Crippen LogP contribution < -0.4 is 0 Å². The van der Waals surface area contributed by atoms with Gasteiger partial charge in [0.05, 0.1) is 26.4 Å². The average molecular weight is 262 g/mol. The maximum absolute atomic E-state index is 5.82. The van der Waals surface area contributed by atoms with Gasteiger partial charge in [0.1, 0.15) is 0 Å². The lowest BCUT2D eigenvalue weighted by Crippen LogP contribution is -2.72. The van der Waals surface area contributed by atoms with E-state index in [2.05, 4.69) is 9.13 Å². The zero-order valence-corrected chi connectivity index (χ0v) is 11.7. The second-order valence-electron chi connectivity index (χ2n) is 4.16. The summed E-state index contributed by atoms with van der Waals surface area (Å²) in [7, 11) is 1.07. The molecule has 2 aliphatic rings. The van der Waals surface area contributed by atoms with Gasteiger partial charge in [0.25, 0.3) is 0 Å². The van der Waals surface area contributed by atoms with Gasteiger partial charge in [-0.25, -0.2) is 0 Å². The summed E-state index contributed by atoms with van der Waals surface area (Å²) in [4.78, 5) is 0. The first-order chi connectivity index (χ1) is 8.33. The van der Waals surface area contributed by atoms with Crippen molar-refractivity contribution in [3.8, 4) is 0 Å². The van der Waals surface area contributed by atoms with Gasteiger partial charge in [-0.1, -0.05) is 0 Å². The van der Waals surface area contributed by atoms with Crippen LogP contribution in [-0.2, 0) is 18.3 Å². The lowest BCUT2D eigenvalue weighted by molar-refractivity contribution is -0.00692. The van der Waals surface area contributed by atoms with E-state index < -0.39 is 8.88 Å². The molecule has 0 aromatic rings. The fourth-order valence-corrected chi connectivity index (χ4v) is 5.59. The minimum atomic E-state index is -2.44. The molecular formula is C10H22N2O4Si. The highest BCUT2D eigenvalue weighted by molar-refractivity contribution is 6.61. The molecule has 0 spiro atoms. The van der Waals surface area contributed by atoms with Gasteiger partial charge in [-0.2, -0.15) is 0 Å². The molecule has 0 unspecified atom stereocenters. The molecule has 17 heavy (non-hydrogen) atoms. The van der Waals surface area contributed by atoms with Crippen LogP contribution in [0.5, 0.6) is 0 Å². The summed E-state index contributed by atoms with van der Waals surface area (Å²) < 4.78 is 27.1. The fraction of sp³-hybridized carbons (Fsp3) is 1.00. The molecule has 0 atom stereocenters. The fourth-order valence-electron chi connectivity index (χ4n) is 2.49. The summed E-state index contributed by atoms with van der Waals surface area (Å²) in [6, 6.07) is 0. The predicted octanol–water partition coefficient (Wildman–Crippen LogP) is -0.621. The summed E-state index contributed by atoms with van der Waals surface area (Å²) in [5, 5.41) is 0. The van der Waals surface area contributed by atoms with Gasteiger partial charge in [-0.05, 0) is 0 Å². The topological polar surface area (TPSA) is 43.4 Å². The van der Waals surface area contributed by atoms with Gasteiger partial charge in [-0.15, -0.1) is 0 Å². The Hall–Kier alpha value is -0.0231. The quantitative estimate of drug-likeness (QED) is 0.629. The third kappa shape index (κ3) is 2.70. The normalized spacial score (nSPS) is 25.1. The number of hydrogen-bond acceptors (Lipinski definition) is 6. The number of hydrogen-bond donors (Lipinski definition) is 0. The van der Waals surface area contributed by atoms with Crippen molar-refractivity contribution >= 4 is 8.88 Å². The van der Waals surface area contributed by atoms with E-state index in [1.165, 1.54) is 0 Å². The predicted molar refractivity (Wildman–Crippen MR) is 64.6 cm³/mol. The zero-order chi connectivity index (χ0) is 12.1. The first-order valence-electron chi connectivity index (χ1n) is 6.09. The molecule has 2 heterocycles. The molecular weight excluding hydrogens is 240 g/mol. The van der Waals surface area contributed by atoms with Gasteiger partial charge in [0, 0.05) is 40.4 Å². The molecule has 0 aromatic heterocycles.